The van der Waals surface area contributed by atoms with Crippen LogP contribution in [0.25, 0.3) is 21.9 Å². The molecule has 2 aliphatic carbocycles. The number of piperidine rings is 1. The van der Waals surface area contributed by atoms with Crippen LogP contribution in [-0.2, 0) is 13.0 Å². The maximum absolute atomic E-state index is 13.5. The number of imidazole rings is 1. The van der Waals surface area contributed by atoms with Gasteiger partial charge in [-0.3, -0.25) is 14.0 Å². The van der Waals surface area contributed by atoms with Crippen molar-refractivity contribution in [2.45, 2.75) is 57.7 Å². The average molecular weight is 439 g/mol. The molecule has 4 aromatic rings. The van der Waals surface area contributed by atoms with E-state index in [0.29, 0.717) is 12.0 Å². The van der Waals surface area contributed by atoms with E-state index >= 15 is 0 Å². The molecule has 0 unspecified atom stereocenters. The van der Waals surface area contributed by atoms with Crippen molar-refractivity contribution < 1.29 is 0 Å². The van der Waals surface area contributed by atoms with Gasteiger partial charge in [0.15, 0.2) is 5.65 Å². The molecule has 7 rings (SSSR count). The minimum atomic E-state index is 0.145. The van der Waals surface area contributed by atoms with Gasteiger partial charge in [0.05, 0.1) is 5.52 Å². The van der Waals surface area contributed by atoms with E-state index in [4.69, 9.17) is 4.98 Å². The van der Waals surface area contributed by atoms with Crippen LogP contribution in [0.1, 0.15) is 54.5 Å². The van der Waals surface area contributed by atoms with Gasteiger partial charge in [0.2, 0.25) is 0 Å². The van der Waals surface area contributed by atoms with Crippen LogP contribution in [0, 0.1) is 12.8 Å². The summed E-state index contributed by atoms with van der Waals surface area (Å²) in [6.45, 7) is 4.95. The highest BCUT2D eigenvalue weighted by molar-refractivity contribution is 5.91. The first-order valence-corrected chi connectivity index (χ1v) is 12.5. The summed E-state index contributed by atoms with van der Waals surface area (Å²) in [7, 11) is 0. The van der Waals surface area contributed by atoms with Crippen molar-refractivity contribution in [2.75, 3.05) is 13.1 Å². The molecule has 2 fully saturated rings. The number of benzene rings is 2. The zero-order valence-electron chi connectivity index (χ0n) is 19.2. The fraction of sp³-hybridized carbons (Fsp3) is 0.429. The van der Waals surface area contributed by atoms with Crippen molar-refractivity contribution in [3.8, 4) is 0 Å². The maximum Gasteiger partial charge on any atom is 0.330 e. The molecule has 0 radical (unpaired) electrons. The number of hydrogen-bond acceptors (Lipinski definition) is 3. The molecule has 1 atom stereocenters. The highest BCUT2D eigenvalue weighted by atomic mass is 16.1. The third-order valence-electron chi connectivity index (χ3n) is 8.17. The first-order chi connectivity index (χ1) is 16.2. The fourth-order valence-corrected chi connectivity index (χ4v) is 6.33. The number of aromatic nitrogens is 3. The molecular formula is C28H30N4O. The average Bonchev–Trinajstić information content (AvgIpc) is 3.52. The third-order valence-corrected chi connectivity index (χ3v) is 8.17. The second-order valence-corrected chi connectivity index (χ2v) is 10.4. The molecule has 0 spiro atoms. The summed E-state index contributed by atoms with van der Waals surface area (Å²) in [5.74, 6) is 0.651. The van der Waals surface area contributed by atoms with Gasteiger partial charge in [-0.15, -0.1) is 0 Å². The summed E-state index contributed by atoms with van der Waals surface area (Å²) in [5.41, 5.74) is 6.13. The van der Waals surface area contributed by atoms with Gasteiger partial charge < -0.3 is 0 Å². The van der Waals surface area contributed by atoms with Gasteiger partial charge >= 0.3 is 5.69 Å². The molecule has 1 saturated carbocycles. The molecule has 0 N–H and O–H groups in total. The van der Waals surface area contributed by atoms with Gasteiger partial charge in [-0.1, -0.05) is 36.4 Å². The Kier molecular flexibility index (Phi) is 4.32. The molecule has 0 bridgehead atoms. The van der Waals surface area contributed by atoms with Crippen LogP contribution < -0.4 is 5.69 Å². The third kappa shape index (κ3) is 3.09. The van der Waals surface area contributed by atoms with Gasteiger partial charge in [0.25, 0.3) is 0 Å². The molecule has 1 aliphatic heterocycles. The Morgan fingerprint density at radius 1 is 1.03 bits per heavy atom. The minimum Gasteiger partial charge on any atom is -0.296 e. The number of pyridine rings is 1. The molecule has 0 amide bonds. The van der Waals surface area contributed by atoms with Crippen LogP contribution in [-0.4, -0.2) is 32.1 Å². The number of rotatable bonds is 4. The van der Waals surface area contributed by atoms with E-state index in [-0.39, 0.29) is 11.7 Å². The topological polar surface area (TPSA) is 43.1 Å². The lowest BCUT2D eigenvalue weighted by Gasteiger charge is -2.36. The van der Waals surface area contributed by atoms with E-state index in [0.717, 1.165) is 55.6 Å². The van der Waals surface area contributed by atoms with Crippen molar-refractivity contribution in [1.29, 1.82) is 0 Å². The lowest BCUT2D eigenvalue weighted by Crippen LogP contribution is -2.39. The summed E-state index contributed by atoms with van der Waals surface area (Å²) < 4.78 is 4.03. The normalized spacial score (nSPS) is 21.4. The van der Waals surface area contributed by atoms with Crippen molar-refractivity contribution in [3.63, 3.8) is 0 Å². The van der Waals surface area contributed by atoms with Crippen molar-refractivity contribution in [3.05, 3.63) is 75.8 Å². The van der Waals surface area contributed by atoms with Gasteiger partial charge in [-0.25, -0.2) is 9.78 Å². The van der Waals surface area contributed by atoms with Crippen molar-refractivity contribution in [1.82, 2.24) is 19.0 Å². The number of likely N-dealkylation sites (tertiary alicyclic amines) is 1. The lowest BCUT2D eigenvalue weighted by molar-refractivity contribution is 0.137. The van der Waals surface area contributed by atoms with Crippen LogP contribution >= 0.6 is 0 Å². The summed E-state index contributed by atoms with van der Waals surface area (Å²) in [6, 6.07) is 16.3. The predicted molar refractivity (Wildman–Crippen MR) is 132 cm³/mol. The van der Waals surface area contributed by atoms with Crippen LogP contribution in [0.5, 0.6) is 0 Å². The molecule has 5 nitrogen and oxygen atoms in total. The molecule has 3 heterocycles. The predicted octanol–water partition coefficient (Wildman–Crippen LogP) is 5.00. The molecule has 2 aromatic carbocycles. The monoisotopic (exact) mass is 438 g/mol. The number of nitrogens with zero attached hydrogens (tertiary/aromatic N) is 4. The number of aryl methyl sites for hydroxylation is 1. The Hall–Kier alpha value is -2.92. The van der Waals surface area contributed by atoms with Crippen LogP contribution in [0.2, 0.25) is 0 Å². The van der Waals surface area contributed by atoms with Crippen LogP contribution in [0.3, 0.4) is 0 Å². The van der Waals surface area contributed by atoms with Gasteiger partial charge in [0, 0.05) is 37.9 Å². The van der Waals surface area contributed by atoms with E-state index in [1.165, 1.54) is 34.7 Å². The molecule has 2 aromatic heterocycles. The van der Waals surface area contributed by atoms with Crippen molar-refractivity contribution >= 4 is 21.9 Å². The Bertz CT molecular complexity index is 1430. The lowest BCUT2D eigenvalue weighted by atomic mass is 9.99. The zero-order chi connectivity index (χ0) is 22.1. The summed E-state index contributed by atoms with van der Waals surface area (Å²) in [5, 5.41) is 2.83. The van der Waals surface area contributed by atoms with E-state index in [1.54, 1.807) is 0 Å². The smallest absolute Gasteiger partial charge is 0.296 e. The highest BCUT2D eigenvalue weighted by Gasteiger charge is 2.34. The van der Waals surface area contributed by atoms with Crippen LogP contribution in [0.4, 0.5) is 0 Å². The van der Waals surface area contributed by atoms with Crippen molar-refractivity contribution in [2.24, 2.45) is 5.92 Å². The van der Waals surface area contributed by atoms with E-state index in [9.17, 15) is 4.79 Å². The molecule has 1 saturated heterocycles. The Morgan fingerprint density at radius 2 is 1.82 bits per heavy atom. The summed E-state index contributed by atoms with van der Waals surface area (Å²) in [6.07, 6.45) is 7.50. The first-order valence-electron chi connectivity index (χ1n) is 12.5. The Balaban J connectivity index is 1.18. The molecule has 5 heteroatoms. The van der Waals surface area contributed by atoms with Gasteiger partial charge in [0.1, 0.15) is 0 Å². The number of hydrogen-bond donors (Lipinski definition) is 0. The van der Waals surface area contributed by atoms with Gasteiger partial charge in [-0.05, 0) is 78.5 Å². The van der Waals surface area contributed by atoms with Gasteiger partial charge in [-0.2, -0.15) is 0 Å². The quantitative estimate of drug-likeness (QED) is 0.450. The largest absolute Gasteiger partial charge is 0.330 e. The summed E-state index contributed by atoms with van der Waals surface area (Å²) in [4.78, 5) is 20.9. The molecule has 168 valence electrons. The Morgan fingerprint density at radius 3 is 2.61 bits per heavy atom. The molecule has 33 heavy (non-hydrogen) atoms. The first kappa shape index (κ1) is 19.5. The fourth-order valence-electron chi connectivity index (χ4n) is 6.33. The molecular weight excluding hydrogens is 408 g/mol. The summed E-state index contributed by atoms with van der Waals surface area (Å²) >= 11 is 0. The molecule has 3 aliphatic rings. The standard InChI is InChI=1S/C28H30N4O/c1-18-14-25-27(29-16-18)31(17-19-8-9-19)28(33)32(25)22-10-12-30(13-11-22)24-15-21-6-2-4-20-5-3-7-23(24)26(20)21/h2-7,14,16,19,22,24H,8-13,15,17H2,1H3/t24-/m1/s1. The van der Waals surface area contributed by atoms with E-state index in [2.05, 4.69) is 58.9 Å². The zero-order valence-corrected chi connectivity index (χ0v) is 19.2. The van der Waals surface area contributed by atoms with E-state index < -0.39 is 0 Å². The second kappa shape index (κ2) is 7.29. The maximum atomic E-state index is 13.5. The van der Waals surface area contributed by atoms with Crippen LogP contribution in [0.15, 0.2) is 53.5 Å². The minimum absolute atomic E-state index is 0.145. The second-order valence-electron chi connectivity index (χ2n) is 10.4. The number of fused-ring (bicyclic) bond motifs is 1. The Labute approximate surface area is 193 Å². The SMILES string of the molecule is Cc1cnc2c(c1)n(C1CCN([C@@H]3Cc4cccc5cccc3c45)CC1)c(=O)n2CC1CC1. The van der Waals surface area contributed by atoms with E-state index in [1.807, 2.05) is 10.8 Å². The highest BCUT2D eigenvalue weighted by Crippen LogP contribution is 2.42.